The van der Waals surface area contributed by atoms with Crippen LogP contribution in [0.25, 0.3) is 6.08 Å². The topological polar surface area (TPSA) is 9.23 Å². The van der Waals surface area contributed by atoms with E-state index in [1.165, 1.54) is 76.0 Å². The van der Waals surface area contributed by atoms with E-state index >= 15 is 0 Å². The van der Waals surface area contributed by atoms with E-state index in [0.717, 1.165) is 6.07 Å². The standard InChI is InChI=1S/C14H27.C9H7F3O.Sn/c1-4-7-10-13-14(11-8-5-2)12-9-6-3;1-2-6-3-7(10)5-8(4-6)13-9(11)12;/h4-12H2,1-3H3;2-5,9H,1H2;. The Morgan fingerprint density at radius 1 is 1.00 bits per heavy atom. The number of unbranched alkanes of at least 4 members (excludes halogenated alkanes) is 3. The molecule has 0 unspecified atom stereocenters. The van der Waals surface area contributed by atoms with Gasteiger partial charge >= 0.3 is 117 Å². The van der Waals surface area contributed by atoms with Crippen LogP contribution in [0.5, 0.6) is 5.75 Å². The predicted octanol–water partition coefficient (Wildman–Crippen LogP) is 8.05. The summed E-state index contributed by atoms with van der Waals surface area (Å²) >= 11 is 1.67. The predicted molar refractivity (Wildman–Crippen MR) is 114 cm³/mol. The molecule has 0 atom stereocenters. The van der Waals surface area contributed by atoms with Crippen molar-refractivity contribution < 1.29 is 17.9 Å². The SMILES string of the molecule is C=Cc1cc(F)cc(OC(F)F)c1.CCCC[C]([Sn])=C(CCCC)CCCC. The van der Waals surface area contributed by atoms with Crippen molar-refractivity contribution in [1.82, 2.24) is 0 Å². The summed E-state index contributed by atoms with van der Waals surface area (Å²) in [6.45, 7) is 7.33. The molecule has 0 aliphatic carbocycles. The molecule has 0 amide bonds. The number of hydrogen-bond acceptors (Lipinski definition) is 1. The van der Waals surface area contributed by atoms with Gasteiger partial charge in [-0.1, -0.05) is 12.7 Å². The van der Waals surface area contributed by atoms with Gasteiger partial charge in [0.15, 0.2) is 0 Å². The minimum atomic E-state index is -2.94. The Morgan fingerprint density at radius 2 is 1.54 bits per heavy atom. The van der Waals surface area contributed by atoms with Gasteiger partial charge in [-0.15, -0.1) is 0 Å². The third-order valence-electron chi connectivity index (χ3n) is 4.23. The second-order valence-electron chi connectivity index (χ2n) is 6.70. The van der Waals surface area contributed by atoms with Crippen LogP contribution in [0.2, 0.25) is 0 Å². The van der Waals surface area contributed by atoms with Gasteiger partial charge in [0, 0.05) is 6.07 Å². The first-order valence-electron chi connectivity index (χ1n) is 10.2. The molecule has 0 saturated carbocycles. The fourth-order valence-electron chi connectivity index (χ4n) is 2.61. The van der Waals surface area contributed by atoms with Crippen LogP contribution in [-0.2, 0) is 0 Å². The Morgan fingerprint density at radius 3 is 2.00 bits per heavy atom. The molecule has 0 aliphatic rings. The van der Waals surface area contributed by atoms with Crippen LogP contribution < -0.4 is 4.74 Å². The van der Waals surface area contributed by atoms with E-state index in [2.05, 4.69) is 32.1 Å². The first-order valence-corrected chi connectivity index (χ1v) is 11.6. The molecular formula is C23H34F3OSn. The molecule has 0 heterocycles. The van der Waals surface area contributed by atoms with Crippen molar-refractivity contribution in [2.45, 2.75) is 85.2 Å². The van der Waals surface area contributed by atoms with Gasteiger partial charge in [-0.2, -0.15) is 8.78 Å². The van der Waals surface area contributed by atoms with E-state index in [1.54, 1.807) is 26.1 Å². The average Bonchev–Trinajstić information content (AvgIpc) is 2.65. The Hall–Kier alpha value is -0.911. The summed E-state index contributed by atoms with van der Waals surface area (Å²) in [6.07, 6.45) is 13.7. The van der Waals surface area contributed by atoms with Crippen LogP contribution in [-0.4, -0.2) is 29.1 Å². The molecule has 157 valence electrons. The number of halogens is 3. The van der Waals surface area contributed by atoms with Gasteiger partial charge in [0.05, 0.1) is 0 Å². The third kappa shape index (κ3) is 13.3. The van der Waals surface area contributed by atoms with Crippen LogP contribution in [0.15, 0.2) is 33.9 Å². The van der Waals surface area contributed by atoms with Crippen molar-refractivity contribution in [3.8, 4) is 5.75 Å². The maximum atomic E-state index is 12.7. The van der Waals surface area contributed by atoms with Gasteiger partial charge in [0.1, 0.15) is 11.6 Å². The van der Waals surface area contributed by atoms with Gasteiger partial charge in [-0.05, 0) is 17.7 Å². The van der Waals surface area contributed by atoms with Crippen molar-refractivity contribution >= 4 is 28.6 Å². The second kappa shape index (κ2) is 17.0. The first-order chi connectivity index (χ1) is 13.4. The summed E-state index contributed by atoms with van der Waals surface area (Å²) in [5, 5.41) is 0. The fraction of sp³-hybridized carbons (Fsp3) is 0.565. The quantitative estimate of drug-likeness (QED) is 0.263. The van der Waals surface area contributed by atoms with E-state index in [0.29, 0.717) is 5.56 Å². The van der Waals surface area contributed by atoms with Crippen LogP contribution in [0.4, 0.5) is 13.2 Å². The molecule has 0 N–H and O–H groups in total. The summed E-state index contributed by atoms with van der Waals surface area (Å²) in [7, 11) is 0. The van der Waals surface area contributed by atoms with Crippen LogP contribution in [0.1, 0.15) is 84.1 Å². The van der Waals surface area contributed by atoms with E-state index < -0.39 is 12.4 Å². The Bertz CT molecular complexity index is 575. The first kappa shape index (κ1) is 27.1. The zero-order valence-electron chi connectivity index (χ0n) is 17.5. The summed E-state index contributed by atoms with van der Waals surface area (Å²) in [5.74, 6) is -0.835. The Balaban J connectivity index is 0.000000525. The molecule has 1 nitrogen and oxygen atoms in total. The molecule has 5 heteroatoms. The zero-order valence-corrected chi connectivity index (χ0v) is 20.4. The summed E-state index contributed by atoms with van der Waals surface area (Å²) in [5.41, 5.74) is 2.21. The van der Waals surface area contributed by atoms with Gasteiger partial charge in [-0.3, -0.25) is 0 Å². The van der Waals surface area contributed by atoms with Crippen molar-refractivity contribution in [2.24, 2.45) is 0 Å². The molecule has 0 bridgehead atoms. The number of ether oxygens (including phenoxy) is 1. The Labute approximate surface area is 182 Å². The molecule has 3 radical (unpaired) electrons. The van der Waals surface area contributed by atoms with Crippen LogP contribution in [0, 0.1) is 5.82 Å². The van der Waals surface area contributed by atoms with E-state index in [9.17, 15) is 13.2 Å². The van der Waals surface area contributed by atoms with Gasteiger partial charge in [0.2, 0.25) is 0 Å². The van der Waals surface area contributed by atoms with Gasteiger partial charge in [-0.25, -0.2) is 4.39 Å². The summed E-state index contributed by atoms with van der Waals surface area (Å²) in [4.78, 5) is 0. The number of allylic oxidation sites excluding steroid dienone is 2. The third-order valence-corrected chi connectivity index (χ3v) is 5.95. The molecule has 1 aromatic rings. The fourth-order valence-corrected chi connectivity index (χ4v) is 3.83. The Kier molecular flexibility index (Phi) is 16.4. The normalized spacial score (nSPS) is 10.3. The molecule has 1 rings (SSSR count). The monoisotopic (exact) mass is 503 g/mol. The molecule has 0 saturated heterocycles. The second-order valence-corrected chi connectivity index (χ2v) is 8.42. The van der Waals surface area contributed by atoms with Crippen molar-refractivity contribution in [1.29, 1.82) is 0 Å². The van der Waals surface area contributed by atoms with Crippen molar-refractivity contribution in [3.63, 3.8) is 0 Å². The van der Waals surface area contributed by atoms with Gasteiger partial charge in [0.25, 0.3) is 0 Å². The molecule has 28 heavy (non-hydrogen) atoms. The number of benzene rings is 1. The van der Waals surface area contributed by atoms with Crippen molar-refractivity contribution in [2.75, 3.05) is 0 Å². The molecule has 0 fully saturated rings. The molecule has 0 aliphatic heterocycles. The molecule has 0 spiro atoms. The summed E-state index contributed by atoms with van der Waals surface area (Å²) < 4.78 is 41.9. The molecular weight excluding hydrogens is 468 g/mol. The van der Waals surface area contributed by atoms with E-state index in [1.807, 2.05) is 5.57 Å². The summed E-state index contributed by atoms with van der Waals surface area (Å²) in [6, 6.07) is 3.34. The van der Waals surface area contributed by atoms with E-state index in [4.69, 9.17) is 0 Å². The van der Waals surface area contributed by atoms with E-state index in [-0.39, 0.29) is 5.75 Å². The number of hydrogen-bond donors (Lipinski definition) is 0. The molecule has 1 aromatic carbocycles. The zero-order chi connectivity index (χ0) is 21.4. The van der Waals surface area contributed by atoms with Gasteiger partial charge < -0.3 is 4.74 Å². The van der Waals surface area contributed by atoms with Crippen LogP contribution in [0.3, 0.4) is 0 Å². The number of rotatable bonds is 12. The number of alkyl halides is 2. The van der Waals surface area contributed by atoms with Crippen LogP contribution >= 0.6 is 0 Å². The minimum absolute atomic E-state index is 0.204. The molecule has 0 aromatic heterocycles. The average molecular weight is 502 g/mol. The maximum absolute atomic E-state index is 12.7. The van der Waals surface area contributed by atoms with Crippen molar-refractivity contribution in [3.05, 3.63) is 45.3 Å².